The molecule has 2 atom stereocenters. The summed E-state index contributed by atoms with van der Waals surface area (Å²) in [5.74, 6) is 0.507. The van der Waals surface area contributed by atoms with E-state index in [-0.39, 0.29) is 5.38 Å². The number of hydrogen-bond donors (Lipinski definition) is 0. The summed E-state index contributed by atoms with van der Waals surface area (Å²) in [7, 11) is 0. The van der Waals surface area contributed by atoms with Crippen molar-refractivity contribution in [2.24, 2.45) is 5.92 Å². The molecule has 0 amide bonds. The summed E-state index contributed by atoms with van der Waals surface area (Å²) < 4.78 is 0. The van der Waals surface area contributed by atoms with Crippen molar-refractivity contribution in [3.63, 3.8) is 0 Å². The highest BCUT2D eigenvalue weighted by atomic mass is 35.5. The van der Waals surface area contributed by atoms with Gasteiger partial charge in [0, 0.05) is 18.1 Å². The SMILES string of the molecule is ClC1CC2[CH+]C=CC=C2c2ccccc21. The van der Waals surface area contributed by atoms with Crippen LogP contribution in [0.15, 0.2) is 42.5 Å². The number of hydrogen-bond acceptors (Lipinski definition) is 0. The smallest absolute Gasteiger partial charge is 0.0946 e. The first kappa shape index (κ1) is 9.11. The number of benzene rings is 1. The van der Waals surface area contributed by atoms with Gasteiger partial charge in [-0.05, 0) is 17.5 Å². The van der Waals surface area contributed by atoms with Crippen LogP contribution in [0.3, 0.4) is 0 Å². The molecule has 0 heterocycles. The molecule has 1 heteroatoms. The lowest BCUT2D eigenvalue weighted by molar-refractivity contribution is 0.652. The van der Waals surface area contributed by atoms with E-state index >= 15 is 0 Å². The van der Waals surface area contributed by atoms with E-state index in [0.717, 1.165) is 6.42 Å². The van der Waals surface area contributed by atoms with E-state index in [1.165, 1.54) is 16.7 Å². The Labute approximate surface area is 95.3 Å². The molecule has 0 nitrogen and oxygen atoms in total. The quantitative estimate of drug-likeness (QED) is 0.451. The standard InChI is InChI=1S/C14H12Cl/c15-14-9-10-5-1-2-6-11(10)12-7-3-4-8-13(12)14/h1-8,10,14H,9H2/q+1. The molecule has 0 bridgehead atoms. The van der Waals surface area contributed by atoms with Crippen LogP contribution in [0.2, 0.25) is 0 Å². The van der Waals surface area contributed by atoms with Crippen LogP contribution < -0.4 is 0 Å². The summed E-state index contributed by atoms with van der Waals surface area (Å²) >= 11 is 6.40. The second kappa shape index (κ2) is 3.46. The lowest BCUT2D eigenvalue weighted by Gasteiger charge is -2.28. The highest BCUT2D eigenvalue weighted by Gasteiger charge is 2.32. The zero-order chi connectivity index (χ0) is 10.3. The Hall–Kier alpha value is -1.14. The third-order valence-corrected chi connectivity index (χ3v) is 3.61. The van der Waals surface area contributed by atoms with Crippen LogP contribution in [0.4, 0.5) is 0 Å². The van der Waals surface area contributed by atoms with Gasteiger partial charge in [-0.15, -0.1) is 11.6 Å². The average Bonchev–Trinajstić information content (AvgIpc) is 2.30. The molecule has 1 aromatic carbocycles. The van der Waals surface area contributed by atoms with Gasteiger partial charge in [-0.1, -0.05) is 24.3 Å². The largest absolute Gasteiger partial charge is 0.118 e. The monoisotopic (exact) mass is 215 g/mol. The van der Waals surface area contributed by atoms with E-state index in [0.29, 0.717) is 5.92 Å². The van der Waals surface area contributed by atoms with Crippen molar-refractivity contribution in [3.05, 3.63) is 60.0 Å². The van der Waals surface area contributed by atoms with E-state index in [9.17, 15) is 0 Å². The van der Waals surface area contributed by atoms with E-state index in [2.05, 4.69) is 48.9 Å². The second-order valence-corrected chi connectivity index (χ2v) is 4.62. The molecule has 74 valence electrons. The maximum Gasteiger partial charge on any atom is 0.0946 e. The van der Waals surface area contributed by atoms with Gasteiger partial charge in [-0.2, -0.15) is 0 Å². The van der Waals surface area contributed by atoms with E-state index in [1.807, 2.05) is 0 Å². The first-order valence-corrected chi connectivity index (χ1v) is 5.75. The predicted molar refractivity (Wildman–Crippen MR) is 64.6 cm³/mol. The number of rotatable bonds is 0. The van der Waals surface area contributed by atoms with Gasteiger partial charge in [-0.25, -0.2) is 0 Å². The molecule has 0 aromatic heterocycles. The number of halogens is 1. The van der Waals surface area contributed by atoms with Crippen LogP contribution in [0.1, 0.15) is 22.9 Å². The number of fused-ring (bicyclic) bond motifs is 3. The van der Waals surface area contributed by atoms with Crippen LogP contribution in [0, 0.1) is 12.3 Å². The molecule has 0 N–H and O–H groups in total. The predicted octanol–water partition coefficient (Wildman–Crippen LogP) is 4.14. The Morgan fingerprint density at radius 2 is 2.13 bits per heavy atom. The molecule has 0 saturated carbocycles. The maximum absolute atomic E-state index is 6.40. The summed E-state index contributed by atoms with van der Waals surface area (Å²) in [6.45, 7) is 0. The van der Waals surface area contributed by atoms with Crippen molar-refractivity contribution in [1.82, 2.24) is 0 Å². The van der Waals surface area contributed by atoms with Crippen molar-refractivity contribution in [1.29, 1.82) is 0 Å². The van der Waals surface area contributed by atoms with E-state index < -0.39 is 0 Å². The minimum absolute atomic E-state index is 0.158. The van der Waals surface area contributed by atoms with Gasteiger partial charge < -0.3 is 0 Å². The fraction of sp³-hybridized carbons (Fsp3) is 0.214. The van der Waals surface area contributed by atoms with Crippen LogP contribution in [-0.4, -0.2) is 0 Å². The lowest BCUT2D eigenvalue weighted by atomic mass is 9.76. The van der Waals surface area contributed by atoms with Gasteiger partial charge in [0.05, 0.1) is 23.4 Å². The van der Waals surface area contributed by atoms with Crippen molar-refractivity contribution in [2.45, 2.75) is 11.8 Å². The van der Waals surface area contributed by atoms with Crippen molar-refractivity contribution >= 4 is 17.2 Å². The average molecular weight is 216 g/mol. The third-order valence-electron chi connectivity index (χ3n) is 3.20. The molecule has 0 aliphatic heterocycles. The molecular weight excluding hydrogens is 204 g/mol. The fourth-order valence-corrected chi connectivity index (χ4v) is 2.85. The second-order valence-electron chi connectivity index (χ2n) is 4.10. The van der Waals surface area contributed by atoms with Crippen molar-refractivity contribution in [2.75, 3.05) is 0 Å². The minimum Gasteiger partial charge on any atom is -0.118 e. The normalized spacial score (nSPS) is 27.4. The summed E-state index contributed by atoms with van der Waals surface area (Å²) in [6.07, 6.45) is 9.71. The summed E-state index contributed by atoms with van der Waals surface area (Å²) in [6, 6.07) is 8.47. The van der Waals surface area contributed by atoms with Gasteiger partial charge in [-0.3, -0.25) is 0 Å². The van der Waals surface area contributed by atoms with E-state index in [1.54, 1.807) is 0 Å². The zero-order valence-corrected chi connectivity index (χ0v) is 9.11. The Bertz CT molecular complexity index is 442. The summed E-state index contributed by atoms with van der Waals surface area (Å²) in [4.78, 5) is 0. The molecule has 0 saturated heterocycles. The first-order chi connectivity index (χ1) is 7.36. The van der Waals surface area contributed by atoms with E-state index in [4.69, 9.17) is 11.6 Å². The molecule has 0 spiro atoms. The summed E-state index contributed by atoms with van der Waals surface area (Å²) in [5.41, 5.74) is 4.03. The van der Waals surface area contributed by atoms with Gasteiger partial charge in [0.25, 0.3) is 0 Å². The van der Waals surface area contributed by atoms with Crippen molar-refractivity contribution in [3.8, 4) is 0 Å². The number of allylic oxidation sites excluding steroid dienone is 4. The molecule has 2 aliphatic carbocycles. The van der Waals surface area contributed by atoms with Crippen LogP contribution >= 0.6 is 11.6 Å². The van der Waals surface area contributed by atoms with Gasteiger partial charge in [0.1, 0.15) is 0 Å². The molecule has 0 fully saturated rings. The summed E-state index contributed by atoms with van der Waals surface area (Å²) in [5, 5.41) is 0.158. The van der Waals surface area contributed by atoms with Crippen molar-refractivity contribution < 1.29 is 0 Å². The van der Waals surface area contributed by atoms with Crippen LogP contribution in [-0.2, 0) is 0 Å². The Morgan fingerprint density at radius 3 is 3.07 bits per heavy atom. The van der Waals surface area contributed by atoms with Gasteiger partial charge in [0.15, 0.2) is 0 Å². The highest BCUT2D eigenvalue weighted by Crippen LogP contribution is 2.45. The minimum atomic E-state index is 0.158. The highest BCUT2D eigenvalue weighted by molar-refractivity contribution is 6.21. The molecule has 3 rings (SSSR count). The zero-order valence-electron chi connectivity index (χ0n) is 8.36. The molecule has 2 aliphatic rings. The maximum atomic E-state index is 6.40. The topological polar surface area (TPSA) is 0 Å². The molecule has 0 radical (unpaired) electrons. The van der Waals surface area contributed by atoms with Crippen LogP contribution in [0.25, 0.3) is 5.57 Å². The Morgan fingerprint density at radius 1 is 1.27 bits per heavy atom. The van der Waals surface area contributed by atoms with Gasteiger partial charge in [0.2, 0.25) is 0 Å². The molecule has 2 unspecified atom stereocenters. The van der Waals surface area contributed by atoms with Gasteiger partial charge >= 0.3 is 0 Å². The number of alkyl halides is 1. The first-order valence-electron chi connectivity index (χ1n) is 5.31. The third kappa shape index (κ3) is 1.40. The fourth-order valence-electron chi connectivity index (χ4n) is 2.46. The molecular formula is C14H12Cl+. The Kier molecular flexibility index (Phi) is 2.10. The molecule has 1 aromatic rings. The molecule has 15 heavy (non-hydrogen) atoms. The van der Waals surface area contributed by atoms with Crippen LogP contribution in [0.5, 0.6) is 0 Å². The Balaban J connectivity index is 2.17. The lowest BCUT2D eigenvalue weighted by Crippen LogP contribution is -2.16.